The number of carbonyl (C=O) groups excluding carboxylic acids is 1. The number of hydrogen-bond donors (Lipinski definition) is 1. The summed E-state index contributed by atoms with van der Waals surface area (Å²) in [5.74, 6) is 0.774. The molecule has 0 radical (unpaired) electrons. The highest BCUT2D eigenvalue weighted by Crippen LogP contribution is 2.25. The van der Waals surface area contributed by atoms with Crippen LogP contribution in [0.2, 0.25) is 0 Å². The minimum atomic E-state index is -0.400. The molecule has 0 aliphatic carbocycles. The number of benzene rings is 1. The lowest BCUT2D eigenvalue weighted by Gasteiger charge is -2.08. The molecule has 5 rings (SSSR count). The van der Waals surface area contributed by atoms with Gasteiger partial charge in [0, 0.05) is 35.8 Å². The van der Waals surface area contributed by atoms with Crippen LogP contribution in [0.25, 0.3) is 22.1 Å². The van der Waals surface area contributed by atoms with Gasteiger partial charge in [-0.25, -0.2) is 14.8 Å². The van der Waals surface area contributed by atoms with Gasteiger partial charge in [0.15, 0.2) is 5.65 Å². The zero-order valence-electron chi connectivity index (χ0n) is 16.1. The Balaban J connectivity index is 1.54. The quantitative estimate of drug-likeness (QED) is 0.527. The average molecular weight is 388 g/mol. The molecule has 1 aliphatic rings. The van der Waals surface area contributed by atoms with Crippen molar-refractivity contribution in [2.45, 2.75) is 39.2 Å². The first-order valence-electron chi connectivity index (χ1n) is 9.80. The predicted molar refractivity (Wildman–Crippen MR) is 110 cm³/mol. The summed E-state index contributed by atoms with van der Waals surface area (Å²) in [6, 6.07) is 10.0. The Bertz CT molecular complexity index is 1320. The van der Waals surface area contributed by atoms with Gasteiger partial charge in [-0.05, 0) is 50.1 Å². The fraction of sp³-hybridized carbons (Fsp3) is 0.273. The van der Waals surface area contributed by atoms with Gasteiger partial charge < -0.3 is 14.3 Å². The molecule has 1 amide bonds. The molecule has 0 saturated carbocycles. The van der Waals surface area contributed by atoms with E-state index in [1.165, 1.54) is 12.5 Å². The van der Waals surface area contributed by atoms with E-state index in [-0.39, 0.29) is 5.91 Å². The Labute approximate surface area is 166 Å². The molecular weight excluding hydrogens is 368 g/mol. The zero-order chi connectivity index (χ0) is 20.0. The van der Waals surface area contributed by atoms with Crippen molar-refractivity contribution in [3.05, 3.63) is 63.9 Å². The van der Waals surface area contributed by atoms with E-state index in [9.17, 15) is 9.59 Å². The van der Waals surface area contributed by atoms with Gasteiger partial charge in [0.05, 0.1) is 5.56 Å². The van der Waals surface area contributed by atoms with Gasteiger partial charge in [-0.3, -0.25) is 4.79 Å². The van der Waals surface area contributed by atoms with Gasteiger partial charge in [0.1, 0.15) is 16.9 Å². The van der Waals surface area contributed by atoms with Crippen LogP contribution in [-0.2, 0) is 13.0 Å². The molecule has 0 fully saturated rings. The van der Waals surface area contributed by atoms with Crippen LogP contribution in [-0.4, -0.2) is 20.4 Å². The summed E-state index contributed by atoms with van der Waals surface area (Å²) < 4.78 is 7.30. The molecular formula is C22H20N4O3. The fourth-order valence-electron chi connectivity index (χ4n) is 3.94. The number of carbonyl (C=O) groups is 1. The van der Waals surface area contributed by atoms with Crippen molar-refractivity contribution in [2.75, 3.05) is 5.32 Å². The maximum Gasteiger partial charge on any atom is 0.336 e. The molecule has 4 aromatic rings. The van der Waals surface area contributed by atoms with E-state index in [0.717, 1.165) is 48.4 Å². The molecule has 7 nitrogen and oxygen atoms in total. The molecule has 0 unspecified atom stereocenters. The summed E-state index contributed by atoms with van der Waals surface area (Å²) in [7, 11) is 0. The van der Waals surface area contributed by atoms with Crippen molar-refractivity contribution >= 4 is 33.7 Å². The highest BCUT2D eigenvalue weighted by atomic mass is 16.4. The highest BCUT2D eigenvalue weighted by Gasteiger charge is 2.21. The molecule has 29 heavy (non-hydrogen) atoms. The number of imidazole rings is 1. The Kier molecular flexibility index (Phi) is 4.16. The van der Waals surface area contributed by atoms with Crippen LogP contribution in [0.1, 0.15) is 41.1 Å². The molecule has 7 heteroatoms. The summed E-state index contributed by atoms with van der Waals surface area (Å²) in [4.78, 5) is 33.9. The molecule has 0 saturated heterocycles. The second kappa shape index (κ2) is 6.84. The Hall–Kier alpha value is -3.48. The van der Waals surface area contributed by atoms with Gasteiger partial charge in [0.2, 0.25) is 0 Å². The normalized spacial score (nSPS) is 14.0. The van der Waals surface area contributed by atoms with Crippen LogP contribution in [0, 0.1) is 6.92 Å². The minimum absolute atomic E-state index is 0.231. The standard InChI is InChI=1S/C22H20N4O3/c1-13-11-16(20-21(23-13)26-10-4-2-3-5-18(26)25-20)22(28)24-15-7-8-17-14(12-15)6-9-19(27)29-17/h6-9,11-12H,2-5,10H2,1H3,(H,24,28). The first kappa shape index (κ1) is 17.6. The van der Waals surface area contributed by atoms with Crippen LogP contribution in [0.4, 0.5) is 5.69 Å². The molecule has 1 aliphatic heterocycles. The average Bonchev–Trinajstić information content (AvgIpc) is 2.88. The third-order valence-electron chi connectivity index (χ3n) is 5.31. The van der Waals surface area contributed by atoms with Gasteiger partial charge in [0.25, 0.3) is 5.91 Å². The van der Waals surface area contributed by atoms with Crippen molar-refractivity contribution in [1.82, 2.24) is 14.5 Å². The van der Waals surface area contributed by atoms with Crippen LogP contribution in [0.15, 0.2) is 45.6 Å². The van der Waals surface area contributed by atoms with E-state index in [0.29, 0.717) is 22.4 Å². The van der Waals surface area contributed by atoms with E-state index in [2.05, 4.69) is 14.9 Å². The monoisotopic (exact) mass is 388 g/mol. The molecule has 0 bridgehead atoms. The number of nitrogens with one attached hydrogen (secondary N) is 1. The van der Waals surface area contributed by atoms with Crippen LogP contribution < -0.4 is 10.9 Å². The van der Waals surface area contributed by atoms with Crippen LogP contribution in [0.5, 0.6) is 0 Å². The highest BCUT2D eigenvalue weighted by molar-refractivity contribution is 6.11. The number of aryl methyl sites for hydroxylation is 3. The van der Waals surface area contributed by atoms with Crippen LogP contribution in [0.3, 0.4) is 0 Å². The molecule has 1 N–H and O–H groups in total. The van der Waals surface area contributed by atoms with E-state index in [1.807, 2.05) is 6.92 Å². The number of aromatic nitrogens is 3. The van der Waals surface area contributed by atoms with Gasteiger partial charge >= 0.3 is 5.63 Å². The first-order chi connectivity index (χ1) is 14.1. The number of pyridine rings is 1. The maximum atomic E-state index is 13.1. The second-order valence-corrected chi connectivity index (χ2v) is 7.43. The van der Waals surface area contributed by atoms with E-state index in [4.69, 9.17) is 9.40 Å². The topological polar surface area (TPSA) is 90.0 Å². The lowest BCUT2D eigenvalue weighted by atomic mass is 10.1. The number of hydrogen-bond acceptors (Lipinski definition) is 5. The largest absolute Gasteiger partial charge is 0.423 e. The molecule has 146 valence electrons. The maximum absolute atomic E-state index is 13.1. The number of fused-ring (bicyclic) bond motifs is 4. The predicted octanol–water partition coefficient (Wildman–Crippen LogP) is 3.82. The summed E-state index contributed by atoms with van der Waals surface area (Å²) in [5, 5.41) is 3.68. The van der Waals surface area contributed by atoms with E-state index < -0.39 is 5.63 Å². The van der Waals surface area contributed by atoms with Gasteiger partial charge in [-0.15, -0.1) is 0 Å². The summed E-state index contributed by atoms with van der Waals surface area (Å²) in [5.41, 5.74) is 3.45. The molecule has 0 atom stereocenters. The van der Waals surface area contributed by atoms with Crippen molar-refractivity contribution < 1.29 is 9.21 Å². The molecule has 0 spiro atoms. The zero-order valence-corrected chi connectivity index (χ0v) is 16.1. The number of nitrogens with zero attached hydrogens (tertiary/aromatic N) is 3. The van der Waals surface area contributed by atoms with Crippen molar-refractivity contribution in [3.8, 4) is 0 Å². The Morgan fingerprint density at radius 3 is 2.90 bits per heavy atom. The van der Waals surface area contributed by atoms with E-state index in [1.54, 1.807) is 30.3 Å². The third kappa shape index (κ3) is 3.18. The Morgan fingerprint density at radius 2 is 2.00 bits per heavy atom. The summed E-state index contributed by atoms with van der Waals surface area (Å²) in [6.07, 6.45) is 4.30. The van der Waals surface area contributed by atoms with Crippen molar-refractivity contribution in [2.24, 2.45) is 0 Å². The van der Waals surface area contributed by atoms with Crippen molar-refractivity contribution in [1.29, 1.82) is 0 Å². The minimum Gasteiger partial charge on any atom is -0.423 e. The summed E-state index contributed by atoms with van der Waals surface area (Å²) in [6.45, 7) is 2.78. The first-order valence-corrected chi connectivity index (χ1v) is 9.80. The van der Waals surface area contributed by atoms with Crippen molar-refractivity contribution in [3.63, 3.8) is 0 Å². The second-order valence-electron chi connectivity index (χ2n) is 7.43. The number of anilines is 1. The molecule has 3 aromatic heterocycles. The van der Waals surface area contributed by atoms with Crippen LogP contribution >= 0.6 is 0 Å². The smallest absolute Gasteiger partial charge is 0.336 e. The molecule has 4 heterocycles. The Morgan fingerprint density at radius 1 is 1.10 bits per heavy atom. The lowest BCUT2D eigenvalue weighted by Crippen LogP contribution is -2.13. The molecule has 1 aromatic carbocycles. The number of amides is 1. The summed E-state index contributed by atoms with van der Waals surface area (Å²) >= 11 is 0. The van der Waals surface area contributed by atoms with Gasteiger partial charge in [-0.2, -0.15) is 0 Å². The van der Waals surface area contributed by atoms with E-state index >= 15 is 0 Å². The third-order valence-corrected chi connectivity index (χ3v) is 5.31. The fourth-order valence-corrected chi connectivity index (χ4v) is 3.94. The van der Waals surface area contributed by atoms with Gasteiger partial charge in [-0.1, -0.05) is 6.42 Å². The SMILES string of the molecule is Cc1cc(C(=O)Nc2ccc3oc(=O)ccc3c2)c2nc3n(c2n1)CCCCC3. The lowest BCUT2D eigenvalue weighted by molar-refractivity contribution is 0.102. The number of rotatable bonds is 2.